The maximum atomic E-state index is 12.2. The average Bonchev–Trinajstić information content (AvgIpc) is 2.43. The van der Waals surface area contributed by atoms with E-state index >= 15 is 0 Å². The number of thiol groups is 1. The predicted octanol–water partition coefficient (Wildman–Crippen LogP) is 4.67. The Balaban J connectivity index is 2.10. The lowest BCUT2D eigenvalue weighted by molar-refractivity contribution is 0.102. The number of carbonyl (C=O) groups excluding carboxylic acids is 1. The van der Waals surface area contributed by atoms with E-state index < -0.39 is 0 Å². The largest absolute Gasteiger partial charge is 0.491 e. The van der Waals surface area contributed by atoms with Gasteiger partial charge < -0.3 is 10.1 Å². The lowest BCUT2D eigenvalue weighted by Gasteiger charge is -2.11. The van der Waals surface area contributed by atoms with Crippen molar-refractivity contribution in [1.29, 1.82) is 0 Å². The van der Waals surface area contributed by atoms with Crippen LogP contribution in [-0.2, 0) is 0 Å². The molecule has 2 aromatic rings. The van der Waals surface area contributed by atoms with Gasteiger partial charge in [-0.15, -0.1) is 12.6 Å². The molecule has 1 N–H and O–H groups in total. The predicted molar refractivity (Wildman–Crippen MR) is 88.9 cm³/mol. The van der Waals surface area contributed by atoms with E-state index in [-0.39, 0.29) is 12.0 Å². The minimum atomic E-state index is -0.270. The maximum absolute atomic E-state index is 12.2. The molecule has 0 aliphatic rings. The van der Waals surface area contributed by atoms with Gasteiger partial charge in [0.25, 0.3) is 5.91 Å². The number of hydrogen-bond donors (Lipinski definition) is 2. The Kier molecular flexibility index (Phi) is 5.15. The van der Waals surface area contributed by atoms with Crippen molar-refractivity contribution in [2.75, 3.05) is 5.32 Å². The first-order valence-corrected chi connectivity index (χ1v) is 7.35. The van der Waals surface area contributed by atoms with E-state index in [0.717, 1.165) is 5.75 Å². The summed E-state index contributed by atoms with van der Waals surface area (Å²) in [6, 6.07) is 12.2. The first kappa shape index (κ1) is 15.7. The molecule has 2 rings (SSSR count). The summed E-state index contributed by atoms with van der Waals surface area (Å²) in [5.41, 5.74) is 1.07. The van der Waals surface area contributed by atoms with Gasteiger partial charge in [-0.25, -0.2) is 0 Å². The zero-order valence-electron chi connectivity index (χ0n) is 11.8. The molecule has 0 atom stereocenters. The molecule has 5 heteroatoms. The number of nitrogens with one attached hydrogen (secondary N) is 1. The first-order chi connectivity index (χ1) is 9.95. The topological polar surface area (TPSA) is 38.3 Å². The normalized spacial score (nSPS) is 10.5. The van der Waals surface area contributed by atoms with Crippen molar-refractivity contribution in [3.63, 3.8) is 0 Å². The van der Waals surface area contributed by atoms with Gasteiger partial charge in [-0.2, -0.15) is 0 Å². The Hall–Kier alpha value is -1.65. The van der Waals surface area contributed by atoms with E-state index in [1.54, 1.807) is 30.3 Å². The standard InChI is InChI=1S/C16H16ClNO2S/c1-10(2)20-12-5-3-11(4-6-12)18-16(19)14-9-13(21)7-8-15(14)17/h3-10,21H,1-2H3,(H,18,19). The summed E-state index contributed by atoms with van der Waals surface area (Å²) in [4.78, 5) is 12.9. The van der Waals surface area contributed by atoms with Gasteiger partial charge in [0.2, 0.25) is 0 Å². The molecular formula is C16H16ClNO2S. The second kappa shape index (κ2) is 6.87. The highest BCUT2D eigenvalue weighted by atomic mass is 35.5. The first-order valence-electron chi connectivity index (χ1n) is 6.52. The fourth-order valence-electron chi connectivity index (χ4n) is 1.77. The van der Waals surface area contributed by atoms with Crippen molar-refractivity contribution < 1.29 is 9.53 Å². The number of rotatable bonds is 4. The number of benzene rings is 2. The Bertz CT molecular complexity index is 641. The molecule has 0 saturated heterocycles. The van der Waals surface area contributed by atoms with Crippen LogP contribution in [0.2, 0.25) is 5.02 Å². The lowest BCUT2D eigenvalue weighted by Crippen LogP contribution is -2.12. The third-order valence-corrected chi connectivity index (χ3v) is 3.29. The number of carbonyl (C=O) groups is 1. The fourth-order valence-corrected chi connectivity index (χ4v) is 2.18. The SMILES string of the molecule is CC(C)Oc1ccc(NC(=O)c2cc(S)ccc2Cl)cc1. The molecule has 110 valence electrons. The van der Waals surface area contributed by atoms with Crippen molar-refractivity contribution in [3.05, 3.63) is 53.1 Å². The molecule has 0 saturated carbocycles. The minimum absolute atomic E-state index is 0.113. The summed E-state index contributed by atoms with van der Waals surface area (Å²) >= 11 is 10.2. The molecule has 1 amide bonds. The zero-order valence-corrected chi connectivity index (χ0v) is 13.4. The molecule has 0 aromatic heterocycles. The third-order valence-electron chi connectivity index (χ3n) is 2.68. The second-order valence-electron chi connectivity index (χ2n) is 4.81. The van der Waals surface area contributed by atoms with Crippen LogP contribution in [0, 0.1) is 0 Å². The molecule has 0 spiro atoms. The van der Waals surface area contributed by atoms with Gasteiger partial charge >= 0.3 is 0 Å². The number of halogens is 1. The monoisotopic (exact) mass is 321 g/mol. The summed E-state index contributed by atoms with van der Waals surface area (Å²) in [6.07, 6.45) is 0.113. The van der Waals surface area contributed by atoms with Crippen LogP contribution in [0.15, 0.2) is 47.4 Å². The van der Waals surface area contributed by atoms with Crippen LogP contribution < -0.4 is 10.1 Å². The van der Waals surface area contributed by atoms with Gasteiger partial charge in [-0.1, -0.05) is 11.6 Å². The molecule has 0 radical (unpaired) electrons. The van der Waals surface area contributed by atoms with Crippen molar-refractivity contribution in [2.45, 2.75) is 24.8 Å². The number of ether oxygens (including phenoxy) is 1. The van der Waals surface area contributed by atoms with Gasteiger partial charge in [0.1, 0.15) is 5.75 Å². The van der Waals surface area contributed by atoms with Gasteiger partial charge in [0, 0.05) is 10.6 Å². The second-order valence-corrected chi connectivity index (χ2v) is 5.73. The number of hydrogen-bond acceptors (Lipinski definition) is 3. The Morgan fingerprint density at radius 1 is 1.19 bits per heavy atom. The van der Waals surface area contributed by atoms with Crippen LogP contribution in [0.1, 0.15) is 24.2 Å². The van der Waals surface area contributed by atoms with Crippen LogP contribution in [0.3, 0.4) is 0 Å². The summed E-state index contributed by atoms with van der Waals surface area (Å²) in [5.74, 6) is 0.492. The van der Waals surface area contributed by atoms with Crippen molar-refractivity contribution >= 4 is 35.8 Å². The van der Waals surface area contributed by atoms with Crippen LogP contribution >= 0.6 is 24.2 Å². The van der Waals surface area contributed by atoms with Crippen molar-refractivity contribution in [3.8, 4) is 5.75 Å². The summed E-state index contributed by atoms with van der Waals surface area (Å²) in [6.45, 7) is 3.92. The average molecular weight is 322 g/mol. The number of anilines is 1. The van der Waals surface area contributed by atoms with Crippen LogP contribution in [0.4, 0.5) is 5.69 Å². The van der Waals surface area contributed by atoms with Crippen LogP contribution in [0.25, 0.3) is 0 Å². The molecule has 21 heavy (non-hydrogen) atoms. The summed E-state index contributed by atoms with van der Waals surface area (Å²) in [7, 11) is 0. The Morgan fingerprint density at radius 3 is 2.48 bits per heavy atom. The molecule has 0 heterocycles. The van der Waals surface area contributed by atoms with Gasteiger partial charge in [-0.3, -0.25) is 4.79 Å². The quantitative estimate of drug-likeness (QED) is 0.803. The zero-order chi connectivity index (χ0) is 15.4. The van der Waals surface area contributed by atoms with Gasteiger partial charge in [0.15, 0.2) is 0 Å². The molecule has 0 bridgehead atoms. The molecular weight excluding hydrogens is 306 g/mol. The molecule has 2 aromatic carbocycles. The van der Waals surface area contributed by atoms with E-state index in [2.05, 4.69) is 17.9 Å². The van der Waals surface area contributed by atoms with Crippen molar-refractivity contribution in [2.24, 2.45) is 0 Å². The van der Waals surface area contributed by atoms with E-state index in [4.69, 9.17) is 16.3 Å². The van der Waals surface area contributed by atoms with E-state index in [0.29, 0.717) is 21.2 Å². The lowest BCUT2D eigenvalue weighted by atomic mass is 10.2. The van der Waals surface area contributed by atoms with E-state index in [1.807, 2.05) is 26.0 Å². The fraction of sp³-hybridized carbons (Fsp3) is 0.188. The highest BCUT2D eigenvalue weighted by Crippen LogP contribution is 2.22. The Labute approximate surface area is 134 Å². The van der Waals surface area contributed by atoms with Crippen molar-refractivity contribution in [1.82, 2.24) is 0 Å². The minimum Gasteiger partial charge on any atom is -0.491 e. The third kappa shape index (κ3) is 4.41. The van der Waals surface area contributed by atoms with Crippen LogP contribution in [-0.4, -0.2) is 12.0 Å². The molecule has 0 fully saturated rings. The summed E-state index contributed by atoms with van der Waals surface area (Å²) < 4.78 is 5.55. The Morgan fingerprint density at radius 2 is 1.86 bits per heavy atom. The van der Waals surface area contributed by atoms with E-state index in [1.165, 1.54) is 0 Å². The molecule has 0 aliphatic heterocycles. The number of amides is 1. The highest BCUT2D eigenvalue weighted by Gasteiger charge is 2.11. The highest BCUT2D eigenvalue weighted by molar-refractivity contribution is 7.80. The molecule has 3 nitrogen and oxygen atoms in total. The van der Waals surface area contributed by atoms with Gasteiger partial charge in [0.05, 0.1) is 16.7 Å². The smallest absolute Gasteiger partial charge is 0.257 e. The molecule has 0 unspecified atom stereocenters. The van der Waals surface area contributed by atoms with Gasteiger partial charge in [-0.05, 0) is 56.3 Å². The summed E-state index contributed by atoms with van der Waals surface area (Å²) in [5, 5.41) is 3.19. The maximum Gasteiger partial charge on any atom is 0.257 e. The van der Waals surface area contributed by atoms with E-state index in [9.17, 15) is 4.79 Å². The molecule has 0 aliphatic carbocycles. The van der Waals surface area contributed by atoms with Crippen LogP contribution in [0.5, 0.6) is 5.75 Å².